The largest absolute Gasteiger partial charge is 0.351 e. The van der Waals surface area contributed by atoms with Crippen LogP contribution in [-0.2, 0) is 21.4 Å². The van der Waals surface area contributed by atoms with Crippen molar-refractivity contribution in [2.45, 2.75) is 30.4 Å². The first-order valence-corrected chi connectivity index (χ1v) is 10.8. The molecule has 1 amide bonds. The first-order valence-electron chi connectivity index (χ1n) is 8.40. The van der Waals surface area contributed by atoms with Crippen LogP contribution in [0.2, 0.25) is 0 Å². The van der Waals surface area contributed by atoms with Crippen LogP contribution in [0, 0.1) is 0 Å². The van der Waals surface area contributed by atoms with E-state index in [9.17, 15) is 18.0 Å². The van der Waals surface area contributed by atoms with Crippen LogP contribution in [-0.4, -0.2) is 47.4 Å². The monoisotopic (exact) mass is 410 g/mol. The predicted molar refractivity (Wildman–Crippen MR) is 104 cm³/mol. The maximum absolute atomic E-state index is 12.4. The summed E-state index contributed by atoms with van der Waals surface area (Å²) >= 11 is 1.13. The fourth-order valence-electron chi connectivity index (χ4n) is 2.30. The molecule has 2 aromatic rings. The molecule has 1 aromatic heterocycles. The van der Waals surface area contributed by atoms with E-state index in [1.807, 2.05) is 0 Å². The van der Waals surface area contributed by atoms with Crippen LogP contribution in [0.3, 0.4) is 0 Å². The SMILES string of the molecule is CCN(CC)S(=O)(=O)c1ccc(CNC(=O)CSc2nccc(=O)[nH]2)cc1. The van der Waals surface area contributed by atoms with Crippen molar-refractivity contribution < 1.29 is 13.2 Å². The van der Waals surface area contributed by atoms with E-state index in [1.54, 1.807) is 38.1 Å². The summed E-state index contributed by atoms with van der Waals surface area (Å²) in [5.74, 6) is -0.104. The van der Waals surface area contributed by atoms with Crippen LogP contribution in [0.5, 0.6) is 0 Å². The molecule has 0 fully saturated rings. The molecule has 146 valence electrons. The molecule has 1 aromatic carbocycles. The minimum Gasteiger partial charge on any atom is -0.351 e. The Balaban J connectivity index is 1.89. The number of amides is 1. The third-order valence-corrected chi connectivity index (χ3v) is 6.70. The number of thioether (sulfide) groups is 1. The van der Waals surface area contributed by atoms with E-state index in [2.05, 4.69) is 15.3 Å². The Morgan fingerprint density at radius 2 is 1.85 bits per heavy atom. The summed E-state index contributed by atoms with van der Waals surface area (Å²) in [6.45, 7) is 4.70. The van der Waals surface area contributed by atoms with Crippen molar-refractivity contribution in [3.8, 4) is 0 Å². The van der Waals surface area contributed by atoms with Gasteiger partial charge in [-0.3, -0.25) is 9.59 Å². The summed E-state index contributed by atoms with van der Waals surface area (Å²) in [4.78, 5) is 29.8. The van der Waals surface area contributed by atoms with Crippen LogP contribution >= 0.6 is 11.8 Å². The van der Waals surface area contributed by atoms with Crippen LogP contribution in [0.1, 0.15) is 19.4 Å². The zero-order valence-corrected chi connectivity index (χ0v) is 16.8. The molecule has 0 radical (unpaired) electrons. The van der Waals surface area contributed by atoms with E-state index in [0.29, 0.717) is 18.2 Å². The highest BCUT2D eigenvalue weighted by Gasteiger charge is 2.21. The van der Waals surface area contributed by atoms with E-state index in [0.717, 1.165) is 17.3 Å². The van der Waals surface area contributed by atoms with Gasteiger partial charge in [-0.15, -0.1) is 0 Å². The molecule has 0 bridgehead atoms. The summed E-state index contributed by atoms with van der Waals surface area (Å²) < 4.78 is 26.3. The van der Waals surface area contributed by atoms with Gasteiger partial charge in [0, 0.05) is 31.9 Å². The Morgan fingerprint density at radius 3 is 2.44 bits per heavy atom. The molecule has 0 aliphatic carbocycles. The van der Waals surface area contributed by atoms with E-state index >= 15 is 0 Å². The van der Waals surface area contributed by atoms with E-state index < -0.39 is 10.0 Å². The molecule has 0 spiro atoms. The second-order valence-electron chi connectivity index (χ2n) is 5.54. The van der Waals surface area contributed by atoms with Crippen molar-refractivity contribution in [3.63, 3.8) is 0 Å². The molecule has 0 saturated heterocycles. The lowest BCUT2D eigenvalue weighted by Gasteiger charge is -2.18. The highest BCUT2D eigenvalue weighted by Crippen LogP contribution is 2.16. The number of sulfonamides is 1. The summed E-state index contributed by atoms with van der Waals surface area (Å²) in [6.07, 6.45) is 1.38. The summed E-state index contributed by atoms with van der Waals surface area (Å²) in [6, 6.07) is 7.75. The second-order valence-corrected chi connectivity index (χ2v) is 8.44. The Labute approximate surface area is 162 Å². The Bertz CT molecular complexity index is 922. The smallest absolute Gasteiger partial charge is 0.251 e. The fraction of sp³-hybridized carbons (Fsp3) is 0.353. The van der Waals surface area contributed by atoms with Gasteiger partial charge in [-0.1, -0.05) is 37.7 Å². The van der Waals surface area contributed by atoms with Gasteiger partial charge in [0.15, 0.2) is 5.16 Å². The molecule has 2 N–H and O–H groups in total. The standard InChI is InChI=1S/C17H22N4O4S2/c1-3-21(4-2)27(24,25)14-7-5-13(6-8-14)11-19-16(23)12-26-17-18-10-9-15(22)20-17/h5-10H,3-4,11-12H2,1-2H3,(H,19,23)(H,18,20,22). The Kier molecular flexibility index (Phi) is 7.57. The molecule has 0 aliphatic rings. The highest BCUT2D eigenvalue weighted by atomic mass is 32.2. The third-order valence-electron chi connectivity index (χ3n) is 3.74. The maximum Gasteiger partial charge on any atom is 0.251 e. The first kappa shape index (κ1) is 21.1. The zero-order chi connectivity index (χ0) is 19.9. The summed E-state index contributed by atoms with van der Waals surface area (Å²) in [5, 5.41) is 3.13. The van der Waals surface area contributed by atoms with Gasteiger partial charge < -0.3 is 10.3 Å². The number of nitrogens with zero attached hydrogens (tertiary/aromatic N) is 2. The third kappa shape index (κ3) is 5.91. The topological polar surface area (TPSA) is 112 Å². The molecule has 1 heterocycles. The number of carbonyl (C=O) groups excluding carboxylic acids is 1. The van der Waals surface area contributed by atoms with E-state index in [1.165, 1.54) is 16.6 Å². The number of hydrogen-bond acceptors (Lipinski definition) is 6. The Hall–Kier alpha value is -2.17. The molecule has 8 nitrogen and oxygen atoms in total. The number of aromatic nitrogens is 2. The Morgan fingerprint density at radius 1 is 1.19 bits per heavy atom. The number of aromatic amines is 1. The molecule has 0 aliphatic heterocycles. The molecule has 27 heavy (non-hydrogen) atoms. The lowest BCUT2D eigenvalue weighted by molar-refractivity contribution is -0.118. The van der Waals surface area contributed by atoms with Crippen LogP contribution in [0.4, 0.5) is 0 Å². The number of rotatable bonds is 9. The van der Waals surface area contributed by atoms with Gasteiger partial charge in [-0.2, -0.15) is 4.31 Å². The van der Waals surface area contributed by atoms with Crippen molar-refractivity contribution in [3.05, 3.63) is 52.4 Å². The maximum atomic E-state index is 12.4. The summed E-state index contributed by atoms with van der Waals surface area (Å²) in [5.41, 5.74) is 0.519. The quantitative estimate of drug-likeness (QED) is 0.475. The fourth-order valence-corrected chi connectivity index (χ4v) is 4.44. The van der Waals surface area contributed by atoms with Crippen molar-refractivity contribution in [2.75, 3.05) is 18.8 Å². The van der Waals surface area contributed by atoms with Gasteiger partial charge in [-0.05, 0) is 17.7 Å². The average Bonchev–Trinajstić information content (AvgIpc) is 2.66. The van der Waals surface area contributed by atoms with Gasteiger partial charge in [0.05, 0.1) is 10.6 Å². The van der Waals surface area contributed by atoms with E-state index in [-0.39, 0.29) is 28.7 Å². The van der Waals surface area contributed by atoms with Crippen LogP contribution in [0.15, 0.2) is 51.4 Å². The minimum atomic E-state index is -3.49. The van der Waals surface area contributed by atoms with Gasteiger partial charge in [0.25, 0.3) is 5.56 Å². The molecule has 10 heteroatoms. The van der Waals surface area contributed by atoms with Crippen LogP contribution < -0.4 is 10.9 Å². The van der Waals surface area contributed by atoms with Gasteiger partial charge in [-0.25, -0.2) is 13.4 Å². The normalized spacial score (nSPS) is 11.5. The van der Waals surface area contributed by atoms with Crippen LogP contribution in [0.25, 0.3) is 0 Å². The summed E-state index contributed by atoms with van der Waals surface area (Å²) in [7, 11) is -3.49. The van der Waals surface area contributed by atoms with Crippen molar-refractivity contribution in [1.29, 1.82) is 0 Å². The number of H-pyrrole nitrogens is 1. The minimum absolute atomic E-state index is 0.112. The lowest BCUT2D eigenvalue weighted by atomic mass is 10.2. The second kappa shape index (κ2) is 9.67. The molecular formula is C17H22N4O4S2. The number of carbonyl (C=O) groups is 1. The predicted octanol–water partition coefficient (Wildman–Crippen LogP) is 1.21. The molecule has 0 saturated carbocycles. The zero-order valence-electron chi connectivity index (χ0n) is 15.1. The lowest BCUT2D eigenvalue weighted by Crippen LogP contribution is -2.30. The van der Waals surface area contributed by atoms with E-state index in [4.69, 9.17) is 0 Å². The number of nitrogens with one attached hydrogen (secondary N) is 2. The van der Waals surface area contributed by atoms with Gasteiger partial charge in [0.1, 0.15) is 0 Å². The molecular weight excluding hydrogens is 388 g/mol. The number of hydrogen-bond donors (Lipinski definition) is 2. The van der Waals surface area contributed by atoms with Crippen molar-refractivity contribution in [1.82, 2.24) is 19.6 Å². The average molecular weight is 411 g/mol. The van der Waals surface area contributed by atoms with Gasteiger partial charge in [0.2, 0.25) is 15.9 Å². The highest BCUT2D eigenvalue weighted by molar-refractivity contribution is 7.99. The molecule has 0 atom stereocenters. The molecule has 0 unspecified atom stereocenters. The van der Waals surface area contributed by atoms with Crippen molar-refractivity contribution >= 4 is 27.7 Å². The number of benzene rings is 1. The first-order chi connectivity index (χ1) is 12.9. The molecule has 2 rings (SSSR count). The van der Waals surface area contributed by atoms with Gasteiger partial charge >= 0.3 is 0 Å². The van der Waals surface area contributed by atoms with Crippen molar-refractivity contribution in [2.24, 2.45) is 0 Å².